The maximum absolute atomic E-state index is 12.8. The molecule has 3 aromatic rings. The third-order valence-corrected chi connectivity index (χ3v) is 6.69. The number of carbonyl (C=O) groups is 1. The number of aryl methyl sites for hydroxylation is 2. The van der Waals surface area contributed by atoms with Gasteiger partial charge in [0.05, 0.1) is 10.3 Å². The van der Waals surface area contributed by atoms with E-state index in [1.54, 1.807) is 0 Å². The minimum Gasteiger partial charge on any atom is -0.356 e. The van der Waals surface area contributed by atoms with Crippen LogP contribution >= 0.6 is 22.9 Å². The molecule has 0 aliphatic carbocycles. The maximum Gasteiger partial charge on any atom is 0.261 e. The lowest BCUT2D eigenvalue weighted by molar-refractivity contribution is 0.0957. The SMILES string of the molecule is Cc1nc(N2CCCC2)c2c(C)c(C(=O)NCCc3ccccc3Cl)sc2n1. The second-order valence-corrected chi connectivity index (χ2v) is 8.53. The van der Waals surface area contributed by atoms with Crippen molar-refractivity contribution in [1.29, 1.82) is 0 Å². The summed E-state index contributed by atoms with van der Waals surface area (Å²) in [4.78, 5) is 26.1. The van der Waals surface area contributed by atoms with Crippen molar-refractivity contribution in [3.63, 3.8) is 0 Å². The summed E-state index contributed by atoms with van der Waals surface area (Å²) in [5.41, 5.74) is 2.01. The standard InChI is InChI=1S/C21H23ClN4OS/c1-13-17-19(26-11-5-6-12-26)24-14(2)25-21(17)28-18(13)20(27)23-10-9-15-7-3-4-8-16(15)22/h3-4,7-8H,5-6,9-12H2,1-2H3,(H,23,27). The van der Waals surface area contributed by atoms with Crippen molar-refractivity contribution in [2.45, 2.75) is 33.1 Å². The Bertz CT molecular complexity index is 1030. The molecule has 146 valence electrons. The molecule has 1 N–H and O–H groups in total. The largest absolute Gasteiger partial charge is 0.356 e. The van der Waals surface area contributed by atoms with Crippen LogP contribution in [0.5, 0.6) is 0 Å². The van der Waals surface area contributed by atoms with Crippen LogP contribution in [0.25, 0.3) is 10.2 Å². The molecule has 4 rings (SSSR count). The van der Waals surface area contributed by atoms with E-state index >= 15 is 0 Å². The zero-order valence-corrected chi connectivity index (χ0v) is 17.7. The van der Waals surface area contributed by atoms with Crippen LogP contribution in [0.1, 0.15) is 39.5 Å². The Hall–Kier alpha value is -2.18. The van der Waals surface area contributed by atoms with E-state index in [9.17, 15) is 4.79 Å². The number of rotatable bonds is 5. The molecule has 7 heteroatoms. The van der Waals surface area contributed by atoms with Gasteiger partial charge in [-0.15, -0.1) is 11.3 Å². The number of nitrogens with one attached hydrogen (secondary N) is 1. The number of anilines is 1. The first-order valence-corrected chi connectivity index (χ1v) is 10.8. The molecule has 0 atom stereocenters. The zero-order valence-electron chi connectivity index (χ0n) is 16.1. The first kappa shape index (κ1) is 19.2. The number of fused-ring (bicyclic) bond motifs is 1. The Labute approximate surface area is 173 Å². The van der Waals surface area contributed by atoms with Crippen LogP contribution < -0.4 is 10.2 Å². The first-order valence-electron chi connectivity index (χ1n) is 9.59. The number of hydrogen-bond donors (Lipinski definition) is 1. The summed E-state index contributed by atoms with van der Waals surface area (Å²) in [6, 6.07) is 7.72. The van der Waals surface area contributed by atoms with Crippen LogP contribution in [0.4, 0.5) is 5.82 Å². The molecule has 1 aliphatic rings. The highest BCUT2D eigenvalue weighted by atomic mass is 35.5. The van der Waals surface area contributed by atoms with Crippen LogP contribution in [0.2, 0.25) is 5.02 Å². The van der Waals surface area contributed by atoms with Crippen LogP contribution in [0.3, 0.4) is 0 Å². The number of carbonyl (C=O) groups excluding carboxylic acids is 1. The smallest absolute Gasteiger partial charge is 0.261 e. The van der Waals surface area contributed by atoms with E-state index in [0.717, 1.165) is 56.0 Å². The molecular formula is C21H23ClN4OS. The molecular weight excluding hydrogens is 392 g/mol. The molecule has 1 aromatic carbocycles. The minimum atomic E-state index is -0.0578. The molecule has 2 aromatic heterocycles. The Morgan fingerprint density at radius 1 is 1.21 bits per heavy atom. The van der Waals surface area contributed by atoms with Gasteiger partial charge in [0.2, 0.25) is 0 Å². The van der Waals surface area contributed by atoms with Gasteiger partial charge in [-0.1, -0.05) is 29.8 Å². The van der Waals surface area contributed by atoms with Gasteiger partial charge in [0.15, 0.2) is 0 Å². The van der Waals surface area contributed by atoms with Gasteiger partial charge < -0.3 is 10.2 Å². The lowest BCUT2D eigenvalue weighted by Crippen LogP contribution is -2.25. The third-order valence-electron chi connectivity index (χ3n) is 5.13. The molecule has 0 radical (unpaired) electrons. The predicted molar refractivity (Wildman–Crippen MR) is 116 cm³/mol. The van der Waals surface area contributed by atoms with E-state index in [-0.39, 0.29) is 5.91 Å². The van der Waals surface area contributed by atoms with E-state index in [1.165, 1.54) is 24.2 Å². The lowest BCUT2D eigenvalue weighted by Gasteiger charge is -2.18. The van der Waals surface area contributed by atoms with Crippen molar-refractivity contribution < 1.29 is 4.79 Å². The van der Waals surface area contributed by atoms with Gasteiger partial charge in [-0.25, -0.2) is 9.97 Å². The van der Waals surface area contributed by atoms with Crippen molar-refractivity contribution in [1.82, 2.24) is 15.3 Å². The summed E-state index contributed by atoms with van der Waals surface area (Å²) >= 11 is 7.65. The molecule has 0 spiro atoms. The molecule has 3 heterocycles. The fourth-order valence-corrected chi connectivity index (χ4v) is 5.06. The lowest BCUT2D eigenvalue weighted by atomic mass is 10.1. The van der Waals surface area contributed by atoms with E-state index in [4.69, 9.17) is 16.6 Å². The van der Waals surface area contributed by atoms with Gasteiger partial charge in [-0.2, -0.15) is 0 Å². The monoisotopic (exact) mass is 414 g/mol. The second-order valence-electron chi connectivity index (χ2n) is 7.12. The van der Waals surface area contributed by atoms with E-state index in [0.29, 0.717) is 13.0 Å². The molecule has 5 nitrogen and oxygen atoms in total. The maximum atomic E-state index is 12.8. The molecule has 1 amide bonds. The Kier molecular flexibility index (Phi) is 5.51. The molecule has 1 fully saturated rings. The fourth-order valence-electron chi connectivity index (χ4n) is 3.69. The summed E-state index contributed by atoms with van der Waals surface area (Å²) in [6.07, 6.45) is 3.07. The summed E-state index contributed by atoms with van der Waals surface area (Å²) in [6.45, 7) is 6.48. The van der Waals surface area contributed by atoms with Crippen LogP contribution in [-0.2, 0) is 6.42 Å². The molecule has 0 saturated carbocycles. The Morgan fingerprint density at radius 2 is 1.96 bits per heavy atom. The van der Waals surface area contributed by atoms with Gasteiger partial charge >= 0.3 is 0 Å². The van der Waals surface area contributed by atoms with Crippen molar-refractivity contribution >= 4 is 44.9 Å². The summed E-state index contributed by atoms with van der Waals surface area (Å²) < 4.78 is 0. The van der Waals surface area contributed by atoms with Gasteiger partial charge in [-0.3, -0.25) is 4.79 Å². The molecule has 1 aliphatic heterocycles. The minimum absolute atomic E-state index is 0.0578. The molecule has 28 heavy (non-hydrogen) atoms. The third kappa shape index (κ3) is 3.71. The van der Waals surface area contributed by atoms with Gasteiger partial charge in [-0.05, 0) is 50.3 Å². The quantitative estimate of drug-likeness (QED) is 0.666. The van der Waals surface area contributed by atoms with Crippen LogP contribution in [0, 0.1) is 13.8 Å². The number of hydrogen-bond acceptors (Lipinski definition) is 5. The topological polar surface area (TPSA) is 58.1 Å². The number of halogens is 1. The van der Waals surface area contributed by atoms with Crippen LogP contribution in [0.15, 0.2) is 24.3 Å². The average Bonchev–Trinajstić information content (AvgIpc) is 3.31. The normalized spacial score (nSPS) is 14.0. The number of amides is 1. The first-order chi connectivity index (χ1) is 13.5. The van der Waals surface area contributed by atoms with Gasteiger partial charge in [0, 0.05) is 24.7 Å². The molecule has 1 saturated heterocycles. The zero-order chi connectivity index (χ0) is 19.7. The second kappa shape index (κ2) is 8.05. The number of nitrogens with zero attached hydrogens (tertiary/aromatic N) is 3. The Morgan fingerprint density at radius 3 is 2.71 bits per heavy atom. The highest BCUT2D eigenvalue weighted by molar-refractivity contribution is 7.20. The number of thiophene rings is 1. The van der Waals surface area contributed by atoms with E-state index in [2.05, 4.69) is 15.2 Å². The van der Waals surface area contributed by atoms with Gasteiger partial charge in [0.25, 0.3) is 5.91 Å². The number of aromatic nitrogens is 2. The van der Waals surface area contributed by atoms with Crippen molar-refractivity contribution in [2.75, 3.05) is 24.5 Å². The summed E-state index contributed by atoms with van der Waals surface area (Å²) in [5, 5.41) is 4.79. The highest BCUT2D eigenvalue weighted by Gasteiger charge is 2.24. The van der Waals surface area contributed by atoms with Gasteiger partial charge in [0.1, 0.15) is 16.5 Å². The average molecular weight is 415 g/mol. The summed E-state index contributed by atoms with van der Waals surface area (Å²) in [7, 11) is 0. The Balaban J connectivity index is 1.56. The summed E-state index contributed by atoms with van der Waals surface area (Å²) in [5.74, 6) is 1.67. The fraction of sp³-hybridized carbons (Fsp3) is 0.381. The van der Waals surface area contributed by atoms with E-state index < -0.39 is 0 Å². The van der Waals surface area contributed by atoms with Crippen LogP contribution in [-0.4, -0.2) is 35.5 Å². The molecule has 0 bridgehead atoms. The van der Waals surface area contributed by atoms with E-state index in [1.807, 2.05) is 38.1 Å². The van der Waals surface area contributed by atoms with Crippen molar-refractivity contribution in [2.24, 2.45) is 0 Å². The molecule has 0 unspecified atom stereocenters. The predicted octanol–water partition coefficient (Wildman–Crippen LogP) is 4.53. The number of benzene rings is 1. The van der Waals surface area contributed by atoms with Crippen molar-refractivity contribution in [3.8, 4) is 0 Å². The van der Waals surface area contributed by atoms with Crippen molar-refractivity contribution in [3.05, 3.63) is 51.1 Å². The highest BCUT2D eigenvalue weighted by Crippen LogP contribution is 2.36.